The average Bonchev–Trinajstić information content (AvgIpc) is 2.81. The van der Waals surface area contributed by atoms with Crippen LogP contribution in [0.25, 0.3) is 5.57 Å². The first-order valence-corrected chi connectivity index (χ1v) is 7.34. The normalized spacial score (nSPS) is 17.4. The third kappa shape index (κ3) is 1.98. The van der Waals surface area contributed by atoms with E-state index in [1.165, 1.54) is 22.3 Å². The van der Waals surface area contributed by atoms with Crippen molar-refractivity contribution in [2.75, 3.05) is 0 Å². The Hall–Kier alpha value is -1.89. The topological polar surface area (TPSA) is 0 Å². The predicted molar refractivity (Wildman–Crippen MR) is 82.2 cm³/mol. The van der Waals surface area contributed by atoms with Crippen LogP contribution in [-0.2, 0) is 0 Å². The zero-order valence-corrected chi connectivity index (χ0v) is 12.0. The number of hydrogen-bond acceptors (Lipinski definition) is 0. The lowest BCUT2D eigenvalue weighted by Gasteiger charge is -2.13. The van der Waals surface area contributed by atoms with Gasteiger partial charge in [0.15, 0.2) is 0 Å². The van der Waals surface area contributed by atoms with Gasteiger partial charge in [0.05, 0.1) is 0 Å². The van der Waals surface area contributed by atoms with E-state index < -0.39 is 0 Å². The van der Waals surface area contributed by atoms with Crippen LogP contribution in [0.4, 0.5) is 4.39 Å². The molecule has 1 atom stereocenters. The van der Waals surface area contributed by atoms with Crippen molar-refractivity contribution in [3.8, 4) is 0 Å². The highest BCUT2D eigenvalue weighted by atomic mass is 19.1. The molecule has 1 unspecified atom stereocenters. The Morgan fingerprint density at radius 2 is 1.65 bits per heavy atom. The van der Waals surface area contributed by atoms with Crippen LogP contribution in [0.3, 0.4) is 0 Å². The van der Waals surface area contributed by atoms with Crippen LogP contribution >= 0.6 is 0 Å². The highest BCUT2D eigenvalue weighted by Crippen LogP contribution is 2.47. The van der Waals surface area contributed by atoms with Crippen molar-refractivity contribution in [2.45, 2.75) is 32.6 Å². The maximum absolute atomic E-state index is 13.2. The summed E-state index contributed by atoms with van der Waals surface area (Å²) >= 11 is 0. The van der Waals surface area contributed by atoms with Crippen molar-refractivity contribution in [3.05, 3.63) is 76.6 Å². The molecule has 0 saturated carbocycles. The van der Waals surface area contributed by atoms with Crippen LogP contribution in [0.15, 0.2) is 54.1 Å². The van der Waals surface area contributed by atoms with Gasteiger partial charge in [-0.25, -0.2) is 4.39 Å². The SMILES string of the molecule is CCC1=C(c2ccc(F)cc2)c2ccccc2C1CC. The lowest BCUT2D eigenvalue weighted by molar-refractivity contribution is 0.627. The van der Waals surface area contributed by atoms with Crippen molar-refractivity contribution < 1.29 is 4.39 Å². The number of allylic oxidation sites excluding steroid dienone is 1. The minimum atomic E-state index is -0.175. The van der Waals surface area contributed by atoms with Crippen LogP contribution in [0.5, 0.6) is 0 Å². The quantitative estimate of drug-likeness (QED) is 0.683. The summed E-state index contributed by atoms with van der Waals surface area (Å²) in [5.41, 5.74) is 6.68. The molecule has 0 N–H and O–H groups in total. The summed E-state index contributed by atoms with van der Waals surface area (Å²) in [7, 11) is 0. The molecule has 0 bridgehead atoms. The van der Waals surface area contributed by atoms with Crippen molar-refractivity contribution >= 4 is 5.57 Å². The fraction of sp³-hybridized carbons (Fsp3) is 0.263. The van der Waals surface area contributed by atoms with Crippen molar-refractivity contribution in [2.24, 2.45) is 0 Å². The summed E-state index contributed by atoms with van der Waals surface area (Å²) in [6, 6.07) is 15.5. The third-order valence-corrected chi connectivity index (χ3v) is 4.27. The molecular formula is C19H19F. The Kier molecular flexibility index (Phi) is 3.43. The monoisotopic (exact) mass is 266 g/mol. The first-order valence-electron chi connectivity index (χ1n) is 7.34. The molecule has 2 aromatic rings. The van der Waals surface area contributed by atoms with Crippen LogP contribution < -0.4 is 0 Å². The van der Waals surface area contributed by atoms with E-state index in [-0.39, 0.29) is 5.82 Å². The summed E-state index contributed by atoms with van der Waals surface area (Å²) in [5.74, 6) is 0.335. The molecule has 0 saturated heterocycles. The van der Waals surface area contributed by atoms with Gasteiger partial charge in [0.25, 0.3) is 0 Å². The molecule has 1 aliphatic carbocycles. The van der Waals surface area contributed by atoms with Gasteiger partial charge in [-0.15, -0.1) is 0 Å². The molecule has 102 valence electrons. The van der Waals surface area contributed by atoms with Crippen LogP contribution in [0, 0.1) is 5.82 Å². The second-order valence-electron chi connectivity index (χ2n) is 5.31. The van der Waals surface area contributed by atoms with E-state index in [1.54, 1.807) is 12.1 Å². The highest BCUT2D eigenvalue weighted by molar-refractivity contribution is 5.88. The van der Waals surface area contributed by atoms with Crippen LogP contribution in [-0.4, -0.2) is 0 Å². The Balaban J connectivity index is 2.21. The van der Waals surface area contributed by atoms with Gasteiger partial charge < -0.3 is 0 Å². The molecule has 2 aromatic carbocycles. The largest absolute Gasteiger partial charge is 0.207 e. The molecule has 1 heteroatoms. The smallest absolute Gasteiger partial charge is 0.123 e. The summed E-state index contributed by atoms with van der Waals surface area (Å²) in [4.78, 5) is 0. The average molecular weight is 266 g/mol. The second kappa shape index (κ2) is 5.24. The van der Waals surface area contributed by atoms with Crippen molar-refractivity contribution in [3.63, 3.8) is 0 Å². The molecule has 0 aromatic heterocycles. The van der Waals surface area contributed by atoms with Crippen LogP contribution in [0.2, 0.25) is 0 Å². The molecule has 0 spiro atoms. The second-order valence-corrected chi connectivity index (χ2v) is 5.31. The van der Waals surface area contributed by atoms with E-state index in [0.717, 1.165) is 18.4 Å². The van der Waals surface area contributed by atoms with Gasteiger partial charge in [-0.05, 0) is 47.2 Å². The molecule has 1 aliphatic rings. The first kappa shape index (κ1) is 13.1. The van der Waals surface area contributed by atoms with Crippen LogP contribution in [0.1, 0.15) is 49.3 Å². The molecule has 0 fully saturated rings. The lowest BCUT2D eigenvalue weighted by Crippen LogP contribution is -1.96. The lowest BCUT2D eigenvalue weighted by atomic mass is 9.91. The van der Waals surface area contributed by atoms with Crippen molar-refractivity contribution in [1.29, 1.82) is 0 Å². The van der Waals surface area contributed by atoms with Gasteiger partial charge in [-0.1, -0.05) is 55.8 Å². The maximum atomic E-state index is 13.2. The summed E-state index contributed by atoms with van der Waals surface area (Å²) in [6.07, 6.45) is 2.16. The zero-order valence-electron chi connectivity index (χ0n) is 12.0. The zero-order chi connectivity index (χ0) is 14.1. The molecule has 3 rings (SSSR count). The van der Waals surface area contributed by atoms with Gasteiger partial charge in [0, 0.05) is 5.92 Å². The molecule has 0 heterocycles. The Labute approximate surface area is 120 Å². The number of fused-ring (bicyclic) bond motifs is 1. The van der Waals surface area contributed by atoms with Gasteiger partial charge in [0.2, 0.25) is 0 Å². The molecule has 0 amide bonds. The summed E-state index contributed by atoms with van der Waals surface area (Å²) in [5, 5.41) is 0. The molecule has 0 aliphatic heterocycles. The summed E-state index contributed by atoms with van der Waals surface area (Å²) in [6.45, 7) is 4.46. The number of hydrogen-bond donors (Lipinski definition) is 0. The van der Waals surface area contributed by atoms with Gasteiger partial charge in [-0.2, -0.15) is 0 Å². The summed E-state index contributed by atoms with van der Waals surface area (Å²) < 4.78 is 13.2. The molecule has 20 heavy (non-hydrogen) atoms. The maximum Gasteiger partial charge on any atom is 0.123 e. The molecule has 0 nitrogen and oxygen atoms in total. The highest BCUT2D eigenvalue weighted by Gasteiger charge is 2.29. The van der Waals surface area contributed by atoms with Gasteiger partial charge in [-0.3, -0.25) is 0 Å². The van der Waals surface area contributed by atoms with Gasteiger partial charge >= 0.3 is 0 Å². The number of halogens is 1. The standard InChI is InChI=1S/C19H19F/c1-3-15-16(4-2)19(13-9-11-14(20)12-10-13)18-8-6-5-7-17(15)18/h5-12,15H,3-4H2,1-2H3. The van der Waals surface area contributed by atoms with Crippen molar-refractivity contribution in [1.82, 2.24) is 0 Å². The number of rotatable bonds is 3. The fourth-order valence-corrected chi connectivity index (χ4v) is 3.41. The minimum absolute atomic E-state index is 0.175. The first-order chi connectivity index (χ1) is 9.76. The molecular weight excluding hydrogens is 247 g/mol. The van der Waals surface area contributed by atoms with E-state index >= 15 is 0 Å². The predicted octanol–water partition coefficient (Wildman–Crippen LogP) is 5.54. The van der Waals surface area contributed by atoms with E-state index in [1.807, 2.05) is 12.1 Å². The fourth-order valence-electron chi connectivity index (χ4n) is 3.41. The minimum Gasteiger partial charge on any atom is -0.207 e. The van der Waals surface area contributed by atoms with E-state index in [4.69, 9.17) is 0 Å². The Morgan fingerprint density at radius 1 is 0.950 bits per heavy atom. The Bertz CT molecular complexity index is 650. The van der Waals surface area contributed by atoms with E-state index in [2.05, 4.69) is 38.1 Å². The molecule has 0 radical (unpaired) electrons. The van der Waals surface area contributed by atoms with Gasteiger partial charge in [0.1, 0.15) is 5.82 Å². The third-order valence-electron chi connectivity index (χ3n) is 4.27. The Morgan fingerprint density at radius 3 is 2.30 bits per heavy atom. The van der Waals surface area contributed by atoms with E-state index in [0.29, 0.717) is 5.92 Å². The van der Waals surface area contributed by atoms with E-state index in [9.17, 15) is 4.39 Å². The number of benzene rings is 2.